The van der Waals surface area contributed by atoms with Crippen LogP contribution >= 0.6 is 0 Å². The first-order chi connectivity index (χ1) is 9.74. The van der Waals surface area contributed by atoms with Gasteiger partial charge in [0.25, 0.3) is 0 Å². The van der Waals surface area contributed by atoms with Crippen LogP contribution in [0.2, 0.25) is 0 Å². The molecule has 1 N–H and O–H groups in total. The highest BCUT2D eigenvalue weighted by Crippen LogP contribution is 2.46. The summed E-state index contributed by atoms with van der Waals surface area (Å²) in [7, 11) is 0. The van der Waals surface area contributed by atoms with Crippen LogP contribution in [-0.4, -0.2) is 35.0 Å². The highest BCUT2D eigenvalue weighted by molar-refractivity contribution is 5.66. The van der Waals surface area contributed by atoms with Crippen molar-refractivity contribution in [3.63, 3.8) is 0 Å². The number of aliphatic hydroxyl groups is 1. The Bertz CT molecular complexity index is 429. The number of hydrogen-bond acceptors (Lipinski definition) is 4. The highest BCUT2D eigenvalue weighted by Gasteiger charge is 2.58. The molecule has 0 radical (unpaired) electrons. The Kier molecular flexibility index (Phi) is 4.79. The Balaban J connectivity index is 2.29. The third-order valence-corrected chi connectivity index (χ3v) is 4.82. The molecular weight excluding hydrogens is 268 g/mol. The van der Waals surface area contributed by atoms with Crippen molar-refractivity contribution in [1.82, 2.24) is 0 Å². The van der Waals surface area contributed by atoms with Gasteiger partial charge in [-0.1, -0.05) is 25.5 Å². The summed E-state index contributed by atoms with van der Waals surface area (Å²) in [4.78, 5) is 11.4. The predicted molar refractivity (Wildman–Crippen MR) is 80.8 cm³/mol. The molecule has 1 aliphatic carbocycles. The summed E-state index contributed by atoms with van der Waals surface area (Å²) in [6.45, 7) is 9.68. The van der Waals surface area contributed by atoms with Gasteiger partial charge in [-0.15, -0.1) is 0 Å². The van der Waals surface area contributed by atoms with Crippen LogP contribution in [-0.2, 0) is 14.3 Å². The molecule has 0 amide bonds. The monoisotopic (exact) mass is 296 g/mol. The lowest BCUT2D eigenvalue weighted by molar-refractivity contribution is -0.153. The van der Waals surface area contributed by atoms with E-state index in [4.69, 9.17) is 9.47 Å². The van der Waals surface area contributed by atoms with E-state index in [0.29, 0.717) is 6.42 Å². The average Bonchev–Trinajstić information content (AvgIpc) is 2.99. The molecule has 1 aliphatic heterocycles. The minimum Gasteiger partial charge on any atom is -0.462 e. The number of esters is 1. The summed E-state index contributed by atoms with van der Waals surface area (Å²) < 4.78 is 11.3. The van der Waals surface area contributed by atoms with Gasteiger partial charge in [0.2, 0.25) is 0 Å². The molecule has 4 heteroatoms. The topological polar surface area (TPSA) is 59.1 Å². The van der Waals surface area contributed by atoms with Gasteiger partial charge in [0.15, 0.2) is 0 Å². The van der Waals surface area contributed by atoms with Crippen molar-refractivity contribution in [2.45, 2.75) is 77.8 Å². The Hall–Kier alpha value is -0.870. The van der Waals surface area contributed by atoms with Gasteiger partial charge in [0.1, 0.15) is 12.2 Å². The van der Waals surface area contributed by atoms with Gasteiger partial charge in [-0.2, -0.15) is 0 Å². The first kappa shape index (κ1) is 16.5. The van der Waals surface area contributed by atoms with Crippen molar-refractivity contribution >= 4 is 5.97 Å². The van der Waals surface area contributed by atoms with Gasteiger partial charge in [-0.05, 0) is 32.6 Å². The van der Waals surface area contributed by atoms with E-state index in [0.717, 1.165) is 12.8 Å². The molecule has 2 aliphatic rings. The van der Waals surface area contributed by atoms with Gasteiger partial charge in [-0.25, -0.2) is 0 Å². The fraction of sp³-hybridized carbons (Fsp3) is 0.824. The van der Waals surface area contributed by atoms with Gasteiger partial charge in [0.05, 0.1) is 11.7 Å². The smallest absolute Gasteiger partial charge is 0.302 e. The second-order valence-corrected chi connectivity index (χ2v) is 7.10. The average molecular weight is 296 g/mol. The maximum absolute atomic E-state index is 11.4. The minimum atomic E-state index is -0.592. The highest BCUT2D eigenvalue weighted by atomic mass is 16.6. The van der Waals surface area contributed by atoms with Crippen LogP contribution in [0.25, 0.3) is 0 Å². The Morgan fingerprint density at radius 2 is 2.19 bits per heavy atom. The molecule has 0 aromatic rings. The number of allylic oxidation sites excluding steroid dienone is 1. The Morgan fingerprint density at radius 1 is 1.52 bits per heavy atom. The van der Waals surface area contributed by atoms with Gasteiger partial charge in [0, 0.05) is 19.3 Å². The molecule has 1 saturated heterocycles. The molecule has 120 valence electrons. The number of aliphatic hydroxyl groups excluding tert-OH is 1. The first-order valence-electron chi connectivity index (χ1n) is 7.93. The number of hydrogen-bond donors (Lipinski definition) is 1. The summed E-state index contributed by atoms with van der Waals surface area (Å²) in [5.74, 6) is -0.186. The molecule has 21 heavy (non-hydrogen) atoms. The zero-order valence-electron chi connectivity index (χ0n) is 13.8. The SMILES string of the molecule is CC(=O)O[C@@H]1C/C(C)=C/CC[C@@]2(C)O[C@@H]2[C@H](O)[C@@H]1C(C)C. The molecule has 5 atom stereocenters. The number of ether oxygens (including phenoxy) is 2. The molecule has 0 saturated carbocycles. The van der Waals surface area contributed by atoms with Crippen LogP contribution in [0.3, 0.4) is 0 Å². The number of carbonyl (C=O) groups excluding carboxylic acids is 1. The molecule has 0 aromatic carbocycles. The third kappa shape index (κ3) is 3.67. The van der Waals surface area contributed by atoms with E-state index in [2.05, 4.69) is 33.8 Å². The summed E-state index contributed by atoms with van der Waals surface area (Å²) in [5, 5.41) is 10.8. The van der Waals surface area contributed by atoms with Crippen LogP contribution < -0.4 is 0 Å². The third-order valence-electron chi connectivity index (χ3n) is 4.82. The number of rotatable bonds is 2. The molecule has 2 rings (SSSR count). The molecule has 0 bridgehead atoms. The van der Waals surface area contributed by atoms with E-state index in [1.54, 1.807) is 0 Å². The van der Waals surface area contributed by atoms with Crippen molar-refractivity contribution < 1.29 is 19.4 Å². The zero-order chi connectivity index (χ0) is 15.8. The van der Waals surface area contributed by atoms with Gasteiger partial charge >= 0.3 is 5.97 Å². The summed E-state index contributed by atoms with van der Waals surface area (Å²) in [5.41, 5.74) is 0.975. The Labute approximate surface area is 127 Å². The largest absolute Gasteiger partial charge is 0.462 e. The van der Waals surface area contributed by atoms with E-state index in [1.165, 1.54) is 12.5 Å². The Morgan fingerprint density at radius 3 is 2.76 bits per heavy atom. The summed E-state index contributed by atoms with van der Waals surface area (Å²) >= 11 is 0. The van der Waals surface area contributed by atoms with Crippen LogP contribution in [0.1, 0.15) is 53.9 Å². The minimum absolute atomic E-state index is 0.109. The van der Waals surface area contributed by atoms with Crippen LogP contribution in [0, 0.1) is 11.8 Å². The lowest BCUT2D eigenvalue weighted by Gasteiger charge is -2.34. The molecule has 0 aromatic heterocycles. The zero-order valence-corrected chi connectivity index (χ0v) is 13.8. The standard InChI is InChI=1S/C17H28O4/c1-10(2)14-13(20-12(4)18)9-11(3)7-6-8-17(5)16(21-17)15(14)19/h7,10,13-16,19H,6,8-9H2,1-5H3/b11-7+/t13-,14-,15-,16-,17-/m1/s1. The normalized spacial score (nSPS) is 42.7. The summed E-state index contributed by atoms with van der Waals surface area (Å²) in [6, 6.07) is 0. The van der Waals surface area contributed by atoms with E-state index in [9.17, 15) is 9.90 Å². The van der Waals surface area contributed by atoms with Crippen molar-refractivity contribution in [2.24, 2.45) is 11.8 Å². The number of epoxide rings is 1. The fourth-order valence-corrected chi connectivity index (χ4v) is 3.61. The van der Waals surface area contributed by atoms with Crippen LogP contribution in [0.5, 0.6) is 0 Å². The van der Waals surface area contributed by atoms with Crippen molar-refractivity contribution in [3.8, 4) is 0 Å². The van der Waals surface area contributed by atoms with E-state index in [-0.39, 0.29) is 35.6 Å². The predicted octanol–water partition coefficient (Wildman–Crippen LogP) is 2.84. The van der Waals surface area contributed by atoms with Crippen molar-refractivity contribution in [3.05, 3.63) is 11.6 Å². The molecular formula is C17H28O4. The van der Waals surface area contributed by atoms with E-state index >= 15 is 0 Å². The fourth-order valence-electron chi connectivity index (χ4n) is 3.61. The lowest BCUT2D eigenvalue weighted by atomic mass is 9.78. The second kappa shape index (κ2) is 6.09. The maximum atomic E-state index is 11.4. The molecule has 0 spiro atoms. The molecule has 4 nitrogen and oxygen atoms in total. The van der Waals surface area contributed by atoms with Crippen molar-refractivity contribution in [2.75, 3.05) is 0 Å². The van der Waals surface area contributed by atoms with Crippen molar-refractivity contribution in [1.29, 1.82) is 0 Å². The first-order valence-corrected chi connectivity index (χ1v) is 7.93. The van der Waals surface area contributed by atoms with Gasteiger partial charge in [-0.3, -0.25) is 4.79 Å². The van der Waals surface area contributed by atoms with Crippen LogP contribution in [0.4, 0.5) is 0 Å². The molecule has 0 unspecified atom stereocenters. The van der Waals surface area contributed by atoms with E-state index in [1.807, 2.05) is 0 Å². The number of fused-ring (bicyclic) bond motifs is 1. The second-order valence-electron chi connectivity index (χ2n) is 7.10. The summed E-state index contributed by atoms with van der Waals surface area (Å²) in [6.07, 6.45) is 3.72. The molecule has 1 fully saturated rings. The molecule has 1 heterocycles. The van der Waals surface area contributed by atoms with E-state index < -0.39 is 6.10 Å². The maximum Gasteiger partial charge on any atom is 0.302 e. The van der Waals surface area contributed by atoms with Gasteiger partial charge < -0.3 is 14.6 Å². The number of carbonyl (C=O) groups is 1. The van der Waals surface area contributed by atoms with Crippen LogP contribution in [0.15, 0.2) is 11.6 Å². The quantitative estimate of drug-likeness (QED) is 0.483. The lowest BCUT2D eigenvalue weighted by Crippen LogP contribution is -2.43.